The van der Waals surface area contributed by atoms with Crippen LogP contribution in [-0.4, -0.2) is 56.2 Å². The summed E-state index contributed by atoms with van der Waals surface area (Å²) in [5.41, 5.74) is 5.39. The standard InChI is InChI=1S/C25H31N5O2/c1-6-17-13-19(18-9-11-30(12-10-18)24(31)25(2,3)32)7-8-21(17)29(5)23-14-22-20(15-26-23)27-16-28(22)4/h7-9,13-16,32H,6,10-12H2,1-5H3. The third-order valence-corrected chi connectivity index (χ3v) is 6.15. The fourth-order valence-corrected chi connectivity index (χ4v) is 4.23. The molecule has 3 aromatic rings. The number of nitrogens with zero attached hydrogens (tertiary/aromatic N) is 5. The highest BCUT2D eigenvalue weighted by Crippen LogP contribution is 2.32. The molecule has 168 valence electrons. The zero-order valence-corrected chi connectivity index (χ0v) is 19.5. The fraction of sp³-hybridized carbons (Fsp3) is 0.400. The molecule has 0 saturated carbocycles. The van der Waals surface area contributed by atoms with Crippen LogP contribution in [0.4, 0.5) is 11.5 Å². The van der Waals surface area contributed by atoms with Gasteiger partial charge >= 0.3 is 0 Å². The molecule has 0 unspecified atom stereocenters. The largest absolute Gasteiger partial charge is 0.381 e. The maximum absolute atomic E-state index is 12.3. The normalized spacial score (nSPS) is 14.6. The van der Waals surface area contributed by atoms with Crippen LogP contribution < -0.4 is 4.90 Å². The van der Waals surface area contributed by atoms with Gasteiger partial charge in [-0.3, -0.25) is 4.79 Å². The molecule has 7 nitrogen and oxygen atoms in total. The van der Waals surface area contributed by atoms with Crippen LogP contribution in [-0.2, 0) is 18.3 Å². The molecule has 32 heavy (non-hydrogen) atoms. The van der Waals surface area contributed by atoms with Crippen molar-refractivity contribution in [1.29, 1.82) is 0 Å². The summed E-state index contributed by atoms with van der Waals surface area (Å²) in [4.78, 5) is 25.1. The van der Waals surface area contributed by atoms with Gasteiger partial charge in [-0.2, -0.15) is 0 Å². The lowest BCUT2D eigenvalue weighted by Gasteiger charge is -2.31. The lowest BCUT2D eigenvalue weighted by atomic mass is 9.95. The Morgan fingerprint density at radius 3 is 2.69 bits per heavy atom. The van der Waals surface area contributed by atoms with E-state index in [1.54, 1.807) is 11.2 Å². The van der Waals surface area contributed by atoms with Gasteiger partial charge in [-0.05, 0) is 55.5 Å². The average molecular weight is 434 g/mol. The summed E-state index contributed by atoms with van der Waals surface area (Å²) < 4.78 is 2.00. The monoisotopic (exact) mass is 433 g/mol. The Morgan fingerprint density at radius 2 is 2.03 bits per heavy atom. The zero-order chi connectivity index (χ0) is 23.0. The molecule has 0 aliphatic carbocycles. The van der Waals surface area contributed by atoms with E-state index >= 15 is 0 Å². The molecule has 0 radical (unpaired) electrons. The molecule has 1 N–H and O–H groups in total. The van der Waals surface area contributed by atoms with Crippen molar-refractivity contribution >= 4 is 34.0 Å². The van der Waals surface area contributed by atoms with Crippen molar-refractivity contribution in [1.82, 2.24) is 19.4 Å². The summed E-state index contributed by atoms with van der Waals surface area (Å²) in [6.07, 6.45) is 7.39. The molecule has 0 atom stereocenters. The number of carbonyl (C=O) groups is 1. The van der Waals surface area contributed by atoms with Crippen molar-refractivity contribution in [3.63, 3.8) is 0 Å². The minimum Gasteiger partial charge on any atom is -0.381 e. The van der Waals surface area contributed by atoms with E-state index in [0.29, 0.717) is 13.1 Å². The second-order valence-electron chi connectivity index (χ2n) is 8.93. The van der Waals surface area contributed by atoms with E-state index in [1.165, 1.54) is 30.5 Å². The van der Waals surface area contributed by atoms with Gasteiger partial charge in [0.25, 0.3) is 5.91 Å². The van der Waals surface area contributed by atoms with Crippen molar-refractivity contribution < 1.29 is 9.90 Å². The van der Waals surface area contributed by atoms with Crippen molar-refractivity contribution in [2.24, 2.45) is 7.05 Å². The molecule has 4 rings (SSSR count). The van der Waals surface area contributed by atoms with Gasteiger partial charge in [0.1, 0.15) is 16.9 Å². The summed E-state index contributed by atoms with van der Waals surface area (Å²) in [6, 6.07) is 8.60. The minimum absolute atomic E-state index is 0.225. The van der Waals surface area contributed by atoms with Gasteiger partial charge in [-0.1, -0.05) is 19.1 Å². The van der Waals surface area contributed by atoms with E-state index in [1.807, 2.05) is 24.9 Å². The number of fused-ring (bicyclic) bond motifs is 1. The first-order valence-electron chi connectivity index (χ1n) is 11.0. The smallest absolute Gasteiger partial charge is 0.254 e. The van der Waals surface area contributed by atoms with Crippen LogP contribution in [0.25, 0.3) is 16.6 Å². The highest BCUT2D eigenvalue weighted by atomic mass is 16.3. The summed E-state index contributed by atoms with van der Waals surface area (Å²) in [5, 5.41) is 10.0. The fourth-order valence-electron chi connectivity index (χ4n) is 4.23. The summed E-state index contributed by atoms with van der Waals surface area (Å²) in [6.45, 7) is 6.38. The topological polar surface area (TPSA) is 74.5 Å². The Balaban J connectivity index is 1.58. The van der Waals surface area contributed by atoms with Gasteiger partial charge in [0.2, 0.25) is 0 Å². The minimum atomic E-state index is -1.33. The lowest BCUT2D eigenvalue weighted by Crippen LogP contribution is -2.46. The van der Waals surface area contributed by atoms with Crippen LogP contribution in [0, 0.1) is 0 Å². The quantitative estimate of drug-likeness (QED) is 0.664. The van der Waals surface area contributed by atoms with Gasteiger partial charge in [-0.25, -0.2) is 9.97 Å². The first kappa shape index (κ1) is 22.0. The number of benzene rings is 1. The van der Waals surface area contributed by atoms with Crippen molar-refractivity contribution in [3.8, 4) is 0 Å². The summed E-state index contributed by atoms with van der Waals surface area (Å²) in [7, 11) is 4.03. The Labute approximate surface area is 189 Å². The number of anilines is 2. The summed E-state index contributed by atoms with van der Waals surface area (Å²) in [5.74, 6) is 0.651. The summed E-state index contributed by atoms with van der Waals surface area (Å²) >= 11 is 0. The van der Waals surface area contributed by atoms with E-state index in [9.17, 15) is 9.90 Å². The van der Waals surface area contributed by atoms with E-state index in [0.717, 1.165) is 35.4 Å². The molecular formula is C25H31N5O2. The van der Waals surface area contributed by atoms with Gasteiger partial charge in [0.05, 0.1) is 18.0 Å². The molecule has 1 amide bonds. The van der Waals surface area contributed by atoms with Crippen molar-refractivity contribution in [2.45, 2.75) is 39.2 Å². The SMILES string of the molecule is CCc1cc(C2=CCN(C(=O)C(C)(C)O)CC2)ccc1N(C)c1cc2c(cn1)ncn2C. The number of hydrogen-bond acceptors (Lipinski definition) is 5. The Hall–Kier alpha value is -3.19. The highest BCUT2D eigenvalue weighted by molar-refractivity contribution is 5.85. The number of rotatable bonds is 5. The molecule has 1 aliphatic rings. The van der Waals surface area contributed by atoms with Crippen LogP contribution >= 0.6 is 0 Å². The molecule has 0 bridgehead atoms. The number of aromatic nitrogens is 3. The van der Waals surface area contributed by atoms with Gasteiger partial charge in [0.15, 0.2) is 0 Å². The Kier molecular flexibility index (Phi) is 5.77. The first-order valence-corrected chi connectivity index (χ1v) is 11.0. The maximum atomic E-state index is 12.3. The number of aryl methyl sites for hydroxylation is 2. The van der Waals surface area contributed by atoms with Crippen molar-refractivity contribution in [3.05, 3.63) is 54.0 Å². The zero-order valence-electron chi connectivity index (χ0n) is 19.5. The third kappa shape index (κ3) is 4.12. The molecule has 0 saturated heterocycles. The third-order valence-electron chi connectivity index (χ3n) is 6.15. The molecule has 1 aliphatic heterocycles. The average Bonchev–Trinajstić information content (AvgIpc) is 3.17. The number of pyridine rings is 1. The second kappa shape index (κ2) is 8.39. The van der Waals surface area contributed by atoms with Gasteiger partial charge < -0.3 is 19.5 Å². The number of amides is 1. The first-order chi connectivity index (χ1) is 15.2. The molecule has 1 aromatic carbocycles. The highest BCUT2D eigenvalue weighted by Gasteiger charge is 2.30. The van der Waals surface area contributed by atoms with Crippen LogP contribution in [0.3, 0.4) is 0 Å². The lowest BCUT2D eigenvalue weighted by molar-refractivity contribution is -0.147. The van der Waals surface area contributed by atoms with Crippen molar-refractivity contribution in [2.75, 3.05) is 25.0 Å². The predicted molar refractivity (Wildman–Crippen MR) is 128 cm³/mol. The van der Waals surface area contributed by atoms with Gasteiger partial charge in [0, 0.05) is 38.9 Å². The molecule has 7 heteroatoms. The Morgan fingerprint density at radius 1 is 1.25 bits per heavy atom. The van der Waals surface area contributed by atoms with E-state index < -0.39 is 5.60 Å². The van der Waals surface area contributed by atoms with E-state index in [-0.39, 0.29) is 5.91 Å². The van der Waals surface area contributed by atoms with Crippen LogP contribution in [0.1, 0.15) is 38.3 Å². The van der Waals surface area contributed by atoms with E-state index in [2.05, 4.69) is 52.1 Å². The van der Waals surface area contributed by atoms with Crippen LogP contribution in [0.2, 0.25) is 0 Å². The number of aliphatic hydroxyl groups is 1. The predicted octanol–water partition coefficient (Wildman–Crippen LogP) is 3.69. The maximum Gasteiger partial charge on any atom is 0.254 e. The second-order valence-corrected chi connectivity index (χ2v) is 8.93. The molecule has 0 spiro atoms. The van der Waals surface area contributed by atoms with Crippen LogP contribution in [0.5, 0.6) is 0 Å². The van der Waals surface area contributed by atoms with E-state index in [4.69, 9.17) is 0 Å². The molecule has 3 heterocycles. The molecule has 2 aromatic heterocycles. The van der Waals surface area contributed by atoms with Gasteiger partial charge in [-0.15, -0.1) is 0 Å². The number of imidazole rings is 1. The molecule has 0 fully saturated rings. The van der Waals surface area contributed by atoms with Crippen LogP contribution in [0.15, 0.2) is 42.9 Å². The molecular weight excluding hydrogens is 402 g/mol. The number of carbonyl (C=O) groups excluding carboxylic acids is 1. The Bertz CT molecular complexity index is 1190. The number of hydrogen-bond donors (Lipinski definition) is 1.